The third-order valence-corrected chi connectivity index (χ3v) is 6.41. The molecule has 2 aromatic heterocycles. The Morgan fingerprint density at radius 3 is 2.62 bits per heavy atom. The van der Waals surface area contributed by atoms with Crippen molar-refractivity contribution in [3.05, 3.63) is 50.8 Å². The lowest BCUT2D eigenvalue weighted by Gasteiger charge is -2.35. The van der Waals surface area contributed by atoms with E-state index in [9.17, 15) is 9.59 Å². The van der Waals surface area contributed by atoms with Gasteiger partial charge in [0.2, 0.25) is 5.91 Å². The summed E-state index contributed by atoms with van der Waals surface area (Å²) in [6.07, 6.45) is 0. The lowest BCUT2D eigenvalue weighted by molar-refractivity contribution is -0.136. The van der Waals surface area contributed by atoms with Gasteiger partial charge in [-0.2, -0.15) is 0 Å². The van der Waals surface area contributed by atoms with E-state index in [-0.39, 0.29) is 17.4 Å². The highest BCUT2D eigenvalue weighted by molar-refractivity contribution is 7.17. The zero-order chi connectivity index (χ0) is 20.5. The molecule has 6 nitrogen and oxygen atoms in total. The molecule has 1 amide bonds. The summed E-state index contributed by atoms with van der Waals surface area (Å²) in [5.41, 5.74) is 1.51. The highest BCUT2D eigenvalue weighted by atomic mass is 35.5. The third-order valence-electron chi connectivity index (χ3n) is 5.21. The molecule has 8 heteroatoms. The highest BCUT2D eigenvalue weighted by Crippen LogP contribution is 2.34. The van der Waals surface area contributed by atoms with Gasteiger partial charge in [0, 0.05) is 53.6 Å². The number of benzene rings is 1. The van der Waals surface area contributed by atoms with Crippen molar-refractivity contribution in [1.29, 1.82) is 0 Å². The molecule has 1 saturated heterocycles. The Kier molecular flexibility index (Phi) is 5.72. The number of nitrogens with one attached hydrogen (secondary N) is 1. The van der Waals surface area contributed by atoms with Crippen molar-refractivity contribution in [2.75, 3.05) is 26.2 Å². The van der Waals surface area contributed by atoms with Gasteiger partial charge in [0.25, 0.3) is 5.56 Å². The van der Waals surface area contributed by atoms with Crippen LogP contribution in [0, 0.1) is 5.92 Å². The first kappa shape index (κ1) is 20.1. The minimum absolute atomic E-state index is 0.0214. The van der Waals surface area contributed by atoms with Gasteiger partial charge in [0.05, 0.1) is 11.9 Å². The number of nitrogens with zero attached hydrogens (tertiary/aromatic N) is 3. The lowest BCUT2D eigenvalue weighted by Crippen LogP contribution is -2.49. The topological polar surface area (TPSA) is 69.3 Å². The summed E-state index contributed by atoms with van der Waals surface area (Å²) in [5, 5.41) is 3.14. The molecular formula is C21H23ClN4O2S. The Balaban J connectivity index is 1.53. The molecule has 4 rings (SSSR count). The van der Waals surface area contributed by atoms with Crippen LogP contribution in [-0.4, -0.2) is 51.9 Å². The van der Waals surface area contributed by atoms with E-state index < -0.39 is 0 Å². The number of H-pyrrole nitrogens is 1. The van der Waals surface area contributed by atoms with Crippen molar-refractivity contribution in [2.24, 2.45) is 5.92 Å². The molecule has 0 radical (unpaired) electrons. The largest absolute Gasteiger partial charge is 0.340 e. The predicted octanol–water partition coefficient (Wildman–Crippen LogP) is 3.61. The molecule has 0 bridgehead atoms. The lowest BCUT2D eigenvalue weighted by atomic mass is 10.1. The Hall–Kier alpha value is -2.22. The first-order chi connectivity index (χ1) is 13.9. The normalized spacial score (nSPS) is 15.4. The number of hydrogen-bond acceptors (Lipinski definition) is 5. The molecule has 0 atom stereocenters. The zero-order valence-corrected chi connectivity index (χ0v) is 18.0. The van der Waals surface area contributed by atoms with Gasteiger partial charge in [-0.05, 0) is 6.07 Å². The molecule has 1 N–H and O–H groups in total. The molecule has 1 aliphatic rings. The molecule has 0 unspecified atom stereocenters. The fourth-order valence-corrected chi connectivity index (χ4v) is 4.84. The number of amides is 1. The number of piperazine rings is 1. The molecule has 1 aliphatic heterocycles. The van der Waals surface area contributed by atoms with E-state index in [1.807, 2.05) is 48.4 Å². The quantitative estimate of drug-likeness (QED) is 0.686. The summed E-state index contributed by atoms with van der Waals surface area (Å²) in [7, 11) is 0. The average Bonchev–Trinajstić information content (AvgIpc) is 3.12. The van der Waals surface area contributed by atoms with Gasteiger partial charge in [0.15, 0.2) is 0 Å². The Bertz CT molecular complexity index is 1100. The monoisotopic (exact) mass is 430 g/mol. The van der Waals surface area contributed by atoms with E-state index in [1.54, 1.807) is 0 Å². The van der Waals surface area contributed by atoms with Crippen LogP contribution < -0.4 is 5.56 Å². The number of aromatic amines is 1. The van der Waals surface area contributed by atoms with Crippen LogP contribution in [0.3, 0.4) is 0 Å². The van der Waals surface area contributed by atoms with Crippen molar-refractivity contribution < 1.29 is 4.79 Å². The first-order valence-corrected chi connectivity index (χ1v) is 11.0. The summed E-state index contributed by atoms with van der Waals surface area (Å²) in [5.74, 6) is 0.870. The first-order valence-electron chi connectivity index (χ1n) is 9.70. The van der Waals surface area contributed by atoms with Gasteiger partial charge in [-0.15, -0.1) is 11.3 Å². The zero-order valence-electron chi connectivity index (χ0n) is 16.4. The Labute approximate surface area is 178 Å². The SMILES string of the molecule is CC(C)C(=O)N1CCN(Cc2nc3scc(-c4ccccc4Cl)c3c(=O)[nH]2)CC1. The molecule has 1 aromatic carbocycles. The van der Waals surface area contributed by atoms with Crippen LogP contribution >= 0.6 is 22.9 Å². The van der Waals surface area contributed by atoms with Gasteiger partial charge < -0.3 is 9.88 Å². The van der Waals surface area contributed by atoms with Crippen molar-refractivity contribution in [2.45, 2.75) is 20.4 Å². The van der Waals surface area contributed by atoms with Crippen molar-refractivity contribution in [1.82, 2.24) is 19.8 Å². The molecular weight excluding hydrogens is 408 g/mol. The van der Waals surface area contributed by atoms with Gasteiger partial charge in [-0.25, -0.2) is 4.98 Å². The number of halogens is 1. The standard InChI is InChI=1S/C21H23ClN4O2S/c1-13(2)21(28)26-9-7-25(8-10-26)11-17-23-19(27)18-15(12-29-20(18)24-17)14-5-3-4-6-16(14)22/h3-6,12-13H,7-11H2,1-2H3,(H,23,24,27). The molecule has 3 heterocycles. The molecule has 152 valence electrons. The molecule has 3 aromatic rings. The van der Waals surface area contributed by atoms with Crippen LogP contribution in [-0.2, 0) is 11.3 Å². The number of fused-ring (bicyclic) bond motifs is 1. The summed E-state index contributed by atoms with van der Waals surface area (Å²) in [4.78, 5) is 37.4. The van der Waals surface area contributed by atoms with E-state index in [0.717, 1.165) is 24.2 Å². The maximum Gasteiger partial charge on any atom is 0.260 e. The van der Waals surface area contributed by atoms with Crippen LogP contribution in [0.5, 0.6) is 0 Å². The second-order valence-electron chi connectivity index (χ2n) is 7.58. The smallest absolute Gasteiger partial charge is 0.260 e. The van der Waals surface area contributed by atoms with E-state index in [1.165, 1.54) is 11.3 Å². The minimum atomic E-state index is -0.144. The maximum absolute atomic E-state index is 12.8. The number of carbonyl (C=O) groups is 1. The van der Waals surface area contributed by atoms with Crippen molar-refractivity contribution in [3.8, 4) is 11.1 Å². The number of hydrogen-bond donors (Lipinski definition) is 1. The van der Waals surface area contributed by atoms with Crippen LogP contribution in [0.1, 0.15) is 19.7 Å². The average molecular weight is 431 g/mol. The van der Waals surface area contributed by atoms with Crippen LogP contribution in [0.2, 0.25) is 5.02 Å². The second-order valence-corrected chi connectivity index (χ2v) is 8.84. The van der Waals surface area contributed by atoms with E-state index in [2.05, 4.69) is 14.9 Å². The fourth-order valence-electron chi connectivity index (χ4n) is 3.65. The van der Waals surface area contributed by atoms with Crippen molar-refractivity contribution in [3.63, 3.8) is 0 Å². The Morgan fingerprint density at radius 2 is 1.93 bits per heavy atom. The Morgan fingerprint density at radius 1 is 1.21 bits per heavy atom. The third kappa shape index (κ3) is 4.08. The summed E-state index contributed by atoms with van der Waals surface area (Å²) in [6.45, 7) is 7.38. The molecule has 29 heavy (non-hydrogen) atoms. The van der Waals surface area contributed by atoms with E-state index in [4.69, 9.17) is 11.6 Å². The summed E-state index contributed by atoms with van der Waals surface area (Å²) in [6, 6.07) is 7.51. The molecule has 1 fully saturated rings. The van der Waals surface area contributed by atoms with Crippen LogP contribution in [0.15, 0.2) is 34.4 Å². The number of carbonyl (C=O) groups excluding carboxylic acids is 1. The van der Waals surface area contributed by atoms with Gasteiger partial charge in [-0.3, -0.25) is 14.5 Å². The predicted molar refractivity (Wildman–Crippen MR) is 117 cm³/mol. The van der Waals surface area contributed by atoms with E-state index in [0.29, 0.717) is 40.7 Å². The second kappa shape index (κ2) is 8.26. The molecule has 0 spiro atoms. The van der Waals surface area contributed by atoms with E-state index >= 15 is 0 Å². The molecule has 0 saturated carbocycles. The highest BCUT2D eigenvalue weighted by Gasteiger charge is 2.23. The van der Waals surface area contributed by atoms with Gasteiger partial charge >= 0.3 is 0 Å². The number of aromatic nitrogens is 2. The van der Waals surface area contributed by atoms with Crippen LogP contribution in [0.25, 0.3) is 21.3 Å². The number of thiophene rings is 1. The van der Waals surface area contributed by atoms with Gasteiger partial charge in [0.1, 0.15) is 10.7 Å². The minimum Gasteiger partial charge on any atom is -0.340 e. The summed E-state index contributed by atoms with van der Waals surface area (Å²) < 4.78 is 0. The summed E-state index contributed by atoms with van der Waals surface area (Å²) >= 11 is 7.77. The molecule has 0 aliphatic carbocycles. The number of rotatable bonds is 4. The van der Waals surface area contributed by atoms with Crippen LogP contribution in [0.4, 0.5) is 0 Å². The van der Waals surface area contributed by atoms with Crippen molar-refractivity contribution >= 4 is 39.1 Å². The maximum atomic E-state index is 12.8. The fraction of sp³-hybridized carbons (Fsp3) is 0.381. The van der Waals surface area contributed by atoms with Gasteiger partial charge in [-0.1, -0.05) is 43.6 Å².